The van der Waals surface area contributed by atoms with E-state index in [1.807, 2.05) is 13.8 Å². The number of hydrogen-bond donors (Lipinski definition) is 1. The monoisotopic (exact) mass is 334 g/mol. The molecule has 0 aromatic carbocycles. The van der Waals surface area contributed by atoms with Gasteiger partial charge < -0.3 is 9.84 Å². The number of carbonyl (C=O) groups is 1. The number of carbonyl (C=O) groups excluding carboxylic acids is 1. The van der Waals surface area contributed by atoms with Gasteiger partial charge in [0, 0.05) is 6.61 Å². The summed E-state index contributed by atoms with van der Waals surface area (Å²) in [6, 6.07) is 0. The molecule has 5 rings (SSSR count). The molecule has 0 amide bonds. The van der Waals surface area contributed by atoms with Gasteiger partial charge in [-0.1, -0.05) is 13.3 Å². The molecule has 3 nitrogen and oxygen atoms in total. The number of aliphatic hydroxyl groups is 1. The third-order valence-corrected chi connectivity index (χ3v) is 8.41. The van der Waals surface area contributed by atoms with Gasteiger partial charge in [-0.05, 0) is 94.3 Å². The molecule has 5 aliphatic rings. The van der Waals surface area contributed by atoms with Crippen molar-refractivity contribution in [1.82, 2.24) is 0 Å². The van der Waals surface area contributed by atoms with E-state index in [0.717, 1.165) is 49.9 Å². The van der Waals surface area contributed by atoms with E-state index in [9.17, 15) is 9.90 Å². The molecule has 5 fully saturated rings. The highest BCUT2D eigenvalue weighted by Gasteiger charge is 2.65. The summed E-state index contributed by atoms with van der Waals surface area (Å²) >= 11 is 0. The fourth-order valence-corrected chi connectivity index (χ4v) is 6.98. The van der Waals surface area contributed by atoms with Gasteiger partial charge in [-0.3, -0.25) is 4.79 Å². The zero-order valence-electron chi connectivity index (χ0n) is 15.6. The molecule has 1 N–H and O–H groups in total. The lowest BCUT2D eigenvalue weighted by Crippen LogP contribution is -2.65. The van der Waals surface area contributed by atoms with Crippen LogP contribution in [0.4, 0.5) is 0 Å². The van der Waals surface area contributed by atoms with E-state index in [-0.39, 0.29) is 17.0 Å². The summed E-state index contributed by atoms with van der Waals surface area (Å²) in [5.41, 5.74) is -0.552. The van der Waals surface area contributed by atoms with E-state index in [2.05, 4.69) is 6.92 Å². The van der Waals surface area contributed by atoms with Crippen molar-refractivity contribution in [2.45, 2.75) is 77.7 Å². The number of rotatable bonds is 5. The van der Waals surface area contributed by atoms with Crippen LogP contribution in [-0.4, -0.2) is 23.3 Å². The van der Waals surface area contributed by atoms with Crippen molar-refractivity contribution in [3.05, 3.63) is 0 Å². The molecule has 5 aliphatic carbocycles. The van der Waals surface area contributed by atoms with Gasteiger partial charge in [0.25, 0.3) is 0 Å². The number of hydrogen-bond acceptors (Lipinski definition) is 3. The maximum atomic E-state index is 12.8. The summed E-state index contributed by atoms with van der Waals surface area (Å²) in [5, 5.41) is 9.58. The first kappa shape index (κ1) is 16.9. The van der Waals surface area contributed by atoms with Crippen molar-refractivity contribution < 1.29 is 14.6 Å². The summed E-state index contributed by atoms with van der Waals surface area (Å²) in [4.78, 5) is 12.8. The van der Waals surface area contributed by atoms with Crippen LogP contribution in [0.15, 0.2) is 0 Å². The summed E-state index contributed by atoms with van der Waals surface area (Å²) in [6.45, 7) is 6.42. The van der Waals surface area contributed by atoms with Gasteiger partial charge in [0.15, 0.2) is 0 Å². The van der Waals surface area contributed by atoms with E-state index in [4.69, 9.17) is 4.74 Å². The van der Waals surface area contributed by atoms with E-state index in [1.54, 1.807) is 0 Å². The lowest BCUT2D eigenvalue weighted by molar-refractivity contribution is -0.241. The topological polar surface area (TPSA) is 46.5 Å². The van der Waals surface area contributed by atoms with Crippen molar-refractivity contribution >= 4 is 5.97 Å². The second-order valence-corrected chi connectivity index (χ2v) is 9.85. The predicted molar refractivity (Wildman–Crippen MR) is 93.2 cm³/mol. The van der Waals surface area contributed by atoms with Crippen LogP contribution in [0, 0.1) is 40.9 Å². The number of aliphatic hydroxyl groups excluding tert-OH is 1. The van der Waals surface area contributed by atoms with Crippen LogP contribution in [-0.2, 0) is 9.53 Å². The molecule has 0 aromatic heterocycles. The van der Waals surface area contributed by atoms with Gasteiger partial charge in [-0.2, -0.15) is 0 Å². The Morgan fingerprint density at radius 2 is 1.67 bits per heavy atom. The van der Waals surface area contributed by atoms with Crippen LogP contribution < -0.4 is 0 Å². The molecule has 136 valence electrons. The summed E-state index contributed by atoms with van der Waals surface area (Å²) in [7, 11) is 0. The zero-order chi connectivity index (χ0) is 17.1. The summed E-state index contributed by atoms with van der Waals surface area (Å²) in [6.07, 6.45) is 9.15. The Labute approximate surface area is 146 Å². The highest BCUT2D eigenvalue weighted by atomic mass is 16.6. The average molecular weight is 335 g/mol. The Morgan fingerprint density at radius 1 is 1.08 bits per heavy atom. The molecule has 5 saturated carbocycles. The normalized spacial score (nSPS) is 46.2. The van der Waals surface area contributed by atoms with Crippen LogP contribution in [0.3, 0.4) is 0 Å². The molecule has 0 saturated heterocycles. The Bertz CT molecular complexity index is 489. The lowest BCUT2D eigenvalue weighted by atomic mass is 9.40. The minimum Gasteiger partial charge on any atom is -0.459 e. The average Bonchev–Trinajstić information content (AvgIpc) is 2.56. The molecule has 0 heterocycles. The van der Waals surface area contributed by atoms with Gasteiger partial charge in [0.1, 0.15) is 5.60 Å². The second-order valence-electron chi connectivity index (χ2n) is 9.85. The smallest absolute Gasteiger partial charge is 0.312 e. The number of esters is 1. The zero-order valence-corrected chi connectivity index (χ0v) is 15.6. The second kappa shape index (κ2) is 5.72. The van der Waals surface area contributed by atoms with E-state index < -0.39 is 0 Å². The maximum Gasteiger partial charge on any atom is 0.312 e. The highest BCUT2D eigenvalue weighted by molar-refractivity contribution is 5.76. The largest absolute Gasteiger partial charge is 0.459 e. The van der Waals surface area contributed by atoms with Gasteiger partial charge >= 0.3 is 5.97 Å². The van der Waals surface area contributed by atoms with Crippen molar-refractivity contribution in [3.63, 3.8) is 0 Å². The minimum atomic E-state index is -0.371. The molecule has 24 heavy (non-hydrogen) atoms. The van der Waals surface area contributed by atoms with Crippen LogP contribution >= 0.6 is 0 Å². The Kier molecular flexibility index (Phi) is 4.02. The third kappa shape index (κ3) is 2.37. The molecule has 0 spiro atoms. The van der Waals surface area contributed by atoms with Crippen molar-refractivity contribution in [1.29, 1.82) is 0 Å². The van der Waals surface area contributed by atoms with Gasteiger partial charge in [0.05, 0.1) is 5.41 Å². The first-order chi connectivity index (χ1) is 11.4. The molecular weight excluding hydrogens is 300 g/mol. The van der Waals surface area contributed by atoms with Crippen LogP contribution in [0.2, 0.25) is 0 Å². The van der Waals surface area contributed by atoms with Crippen LogP contribution in [0.1, 0.15) is 72.1 Å². The van der Waals surface area contributed by atoms with Gasteiger partial charge in [-0.25, -0.2) is 0 Å². The Balaban J connectivity index is 1.60. The van der Waals surface area contributed by atoms with Crippen molar-refractivity contribution in [2.75, 3.05) is 6.61 Å². The minimum absolute atomic E-state index is 0.0100. The molecule has 6 bridgehead atoms. The quantitative estimate of drug-likeness (QED) is 0.767. The molecule has 0 aromatic rings. The van der Waals surface area contributed by atoms with E-state index in [1.165, 1.54) is 19.3 Å². The van der Waals surface area contributed by atoms with Gasteiger partial charge in [-0.15, -0.1) is 0 Å². The Morgan fingerprint density at radius 3 is 2.21 bits per heavy atom. The lowest BCUT2D eigenvalue weighted by Gasteiger charge is -2.67. The standard InChI is InChI=1S/C21H34O3/c1-4-20(2,3)19(23)24-21-10-16-13-6-5-7-14(16)18(12-21)15(8-9-22)17(13)11-21/h13-18,22H,4-12H2,1-3H3. The first-order valence-corrected chi connectivity index (χ1v) is 10.2. The van der Waals surface area contributed by atoms with E-state index in [0.29, 0.717) is 24.4 Å². The molecular formula is C21H34O3. The molecule has 0 aliphatic heterocycles. The van der Waals surface area contributed by atoms with E-state index >= 15 is 0 Å². The molecule has 4 unspecified atom stereocenters. The number of ether oxygens (including phenoxy) is 1. The predicted octanol–water partition coefficient (Wildman–Crippen LogP) is 4.18. The fraction of sp³-hybridized carbons (Fsp3) is 0.952. The Hall–Kier alpha value is -0.570. The molecule has 0 radical (unpaired) electrons. The fourth-order valence-electron chi connectivity index (χ4n) is 6.98. The summed E-state index contributed by atoms with van der Waals surface area (Å²) in [5.74, 6) is 4.51. The van der Waals surface area contributed by atoms with Crippen LogP contribution in [0.25, 0.3) is 0 Å². The van der Waals surface area contributed by atoms with Crippen molar-refractivity contribution in [2.24, 2.45) is 40.9 Å². The van der Waals surface area contributed by atoms with Crippen LogP contribution in [0.5, 0.6) is 0 Å². The highest BCUT2D eigenvalue weighted by Crippen LogP contribution is 2.68. The molecule has 4 atom stereocenters. The molecule has 3 heteroatoms. The first-order valence-electron chi connectivity index (χ1n) is 10.2. The van der Waals surface area contributed by atoms with Gasteiger partial charge in [0.2, 0.25) is 0 Å². The summed E-state index contributed by atoms with van der Waals surface area (Å²) < 4.78 is 6.30. The maximum absolute atomic E-state index is 12.8. The third-order valence-electron chi connectivity index (χ3n) is 8.41. The van der Waals surface area contributed by atoms with Crippen molar-refractivity contribution in [3.8, 4) is 0 Å². The SMILES string of the molecule is CCC(C)(C)C(=O)OC12CC3C(CCO)C(C1)C1CCCC3C1C2.